The highest BCUT2D eigenvalue weighted by Crippen LogP contribution is 2.32. The molecule has 1 aliphatic heterocycles. The number of fused-ring (bicyclic) bond motifs is 1. The molecule has 0 spiro atoms. The number of hydrogen-bond acceptors (Lipinski definition) is 7. The van der Waals surface area contributed by atoms with Gasteiger partial charge in [0.2, 0.25) is 0 Å². The number of hydrogen-bond donors (Lipinski definition) is 2. The molecular formula is C11H16ClN5O2S2. The van der Waals surface area contributed by atoms with E-state index in [1.54, 1.807) is 30.6 Å². The van der Waals surface area contributed by atoms with Crippen molar-refractivity contribution in [1.29, 1.82) is 0 Å². The summed E-state index contributed by atoms with van der Waals surface area (Å²) < 4.78 is 2.17. The van der Waals surface area contributed by atoms with E-state index in [4.69, 9.17) is 11.6 Å². The van der Waals surface area contributed by atoms with Crippen molar-refractivity contribution in [2.24, 2.45) is 0 Å². The van der Waals surface area contributed by atoms with Crippen LogP contribution in [0.3, 0.4) is 0 Å². The number of halogens is 1. The highest BCUT2D eigenvalue weighted by atomic mass is 35.5. The Balaban J connectivity index is 1.74. The number of nitrogens with one attached hydrogen (secondary N) is 2. The van der Waals surface area contributed by atoms with Gasteiger partial charge in [-0.2, -0.15) is 11.8 Å². The van der Waals surface area contributed by atoms with Crippen molar-refractivity contribution in [2.75, 3.05) is 25.1 Å². The van der Waals surface area contributed by atoms with Crippen LogP contribution in [0.15, 0.2) is 17.2 Å². The number of nitro groups is 1. The molecule has 0 atom stereocenters. The lowest BCUT2D eigenvalue weighted by Gasteiger charge is -2.08. The molecule has 0 radical (unpaired) electrons. The molecule has 0 fully saturated rings. The minimum atomic E-state index is -0.487. The molecule has 0 aromatic carbocycles. The van der Waals surface area contributed by atoms with Gasteiger partial charge in [0.05, 0.1) is 10.6 Å². The van der Waals surface area contributed by atoms with Gasteiger partial charge >= 0.3 is 0 Å². The predicted molar refractivity (Wildman–Crippen MR) is 86.3 cm³/mol. The van der Waals surface area contributed by atoms with E-state index < -0.39 is 4.92 Å². The summed E-state index contributed by atoms with van der Waals surface area (Å²) in [7, 11) is 1.64. The topological polar surface area (TPSA) is 85.0 Å². The Hall–Kier alpha value is -1.06. The summed E-state index contributed by atoms with van der Waals surface area (Å²) in [5.41, 5.74) is 1.07. The Bertz CT molecular complexity index is 549. The van der Waals surface area contributed by atoms with Crippen LogP contribution in [0.2, 0.25) is 5.15 Å². The molecular weight excluding hydrogens is 334 g/mol. The van der Waals surface area contributed by atoms with Crippen molar-refractivity contribution in [3.63, 3.8) is 0 Å². The first-order valence-electron chi connectivity index (χ1n) is 6.34. The van der Waals surface area contributed by atoms with E-state index in [2.05, 4.69) is 20.2 Å². The van der Waals surface area contributed by atoms with Crippen LogP contribution >= 0.6 is 35.1 Å². The quantitative estimate of drug-likeness (QED) is 0.420. The molecule has 0 saturated carbocycles. The van der Waals surface area contributed by atoms with Crippen LogP contribution in [-0.4, -0.2) is 39.6 Å². The molecule has 2 heterocycles. The summed E-state index contributed by atoms with van der Waals surface area (Å²) in [4.78, 5) is 14.2. The van der Waals surface area contributed by atoms with Gasteiger partial charge in [-0.15, -0.1) is 0 Å². The Morgan fingerprint density at radius 1 is 1.71 bits per heavy atom. The molecule has 0 aliphatic carbocycles. The second-order valence-electron chi connectivity index (χ2n) is 4.19. The summed E-state index contributed by atoms with van der Waals surface area (Å²) in [6, 6.07) is 0. The van der Waals surface area contributed by atoms with Crippen molar-refractivity contribution in [1.82, 2.24) is 20.2 Å². The SMILES string of the molecule is CN/C(=C\[N+](=O)[O-])NCCSCc1c(Cl)nc2n1CCS2. The average molecular weight is 350 g/mol. The molecule has 1 aromatic rings. The highest BCUT2D eigenvalue weighted by molar-refractivity contribution is 7.99. The minimum absolute atomic E-state index is 0.403. The Morgan fingerprint density at radius 3 is 3.24 bits per heavy atom. The summed E-state index contributed by atoms with van der Waals surface area (Å²) in [5, 5.41) is 17.7. The first-order valence-corrected chi connectivity index (χ1v) is 8.86. The number of imidazole rings is 1. The molecule has 10 heteroatoms. The van der Waals surface area contributed by atoms with E-state index in [-0.39, 0.29) is 0 Å². The van der Waals surface area contributed by atoms with Crippen LogP contribution in [0.1, 0.15) is 5.69 Å². The van der Waals surface area contributed by atoms with Gasteiger partial charge < -0.3 is 15.2 Å². The summed E-state index contributed by atoms with van der Waals surface area (Å²) in [6.07, 6.45) is 0.919. The highest BCUT2D eigenvalue weighted by Gasteiger charge is 2.20. The maximum Gasteiger partial charge on any atom is 0.274 e. The maximum atomic E-state index is 10.4. The van der Waals surface area contributed by atoms with Crippen LogP contribution in [-0.2, 0) is 12.3 Å². The average Bonchev–Trinajstić information content (AvgIpc) is 2.98. The van der Waals surface area contributed by atoms with E-state index in [0.717, 1.165) is 40.9 Å². The van der Waals surface area contributed by atoms with Gasteiger partial charge in [-0.1, -0.05) is 23.4 Å². The number of nitrogens with zero attached hydrogens (tertiary/aromatic N) is 3. The number of aromatic nitrogens is 2. The normalized spacial score (nSPS) is 14.1. The zero-order valence-electron chi connectivity index (χ0n) is 11.5. The van der Waals surface area contributed by atoms with Gasteiger partial charge in [-0.3, -0.25) is 10.1 Å². The lowest BCUT2D eigenvalue weighted by atomic mass is 10.5. The molecule has 2 N–H and O–H groups in total. The number of rotatable bonds is 8. The summed E-state index contributed by atoms with van der Waals surface area (Å²) in [5.74, 6) is 3.07. The third kappa shape index (κ3) is 4.45. The monoisotopic (exact) mass is 349 g/mol. The molecule has 0 bridgehead atoms. The Morgan fingerprint density at radius 2 is 2.52 bits per heavy atom. The van der Waals surface area contributed by atoms with Crippen molar-refractivity contribution in [3.05, 3.63) is 33.0 Å². The van der Waals surface area contributed by atoms with Crippen molar-refractivity contribution < 1.29 is 4.92 Å². The minimum Gasteiger partial charge on any atom is -0.370 e. The van der Waals surface area contributed by atoms with Crippen molar-refractivity contribution >= 4 is 35.1 Å². The molecule has 1 aromatic heterocycles. The molecule has 21 heavy (non-hydrogen) atoms. The molecule has 0 unspecified atom stereocenters. The van der Waals surface area contributed by atoms with Crippen LogP contribution in [0.25, 0.3) is 0 Å². The van der Waals surface area contributed by atoms with Gasteiger partial charge in [0, 0.05) is 37.4 Å². The largest absolute Gasteiger partial charge is 0.370 e. The van der Waals surface area contributed by atoms with E-state index >= 15 is 0 Å². The number of thioether (sulfide) groups is 2. The van der Waals surface area contributed by atoms with E-state index in [0.29, 0.717) is 17.5 Å². The lowest BCUT2D eigenvalue weighted by Crippen LogP contribution is -2.26. The first-order chi connectivity index (χ1) is 10.1. The van der Waals surface area contributed by atoms with Crippen molar-refractivity contribution in [2.45, 2.75) is 17.5 Å². The first kappa shape index (κ1) is 16.3. The molecule has 2 rings (SSSR count). The molecule has 116 valence electrons. The lowest BCUT2D eigenvalue weighted by molar-refractivity contribution is -0.404. The standard InChI is InChI=1S/C11H16ClN5O2S2/c1-13-9(6-17(18)19)14-2-4-20-7-8-10(12)15-11-16(8)3-5-21-11/h6,13-14H,2-5,7H2,1H3/b9-6+. The third-order valence-electron chi connectivity index (χ3n) is 2.84. The van der Waals surface area contributed by atoms with Gasteiger partial charge in [0.15, 0.2) is 16.1 Å². The zero-order chi connectivity index (χ0) is 15.2. The summed E-state index contributed by atoms with van der Waals surface area (Å²) in [6.45, 7) is 1.60. The Labute approximate surface area is 136 Å². The van der Waals surface area contributed by atoms with Gasteiger partial charge in [-0.25, -0.2) is 4.98 Å². The second-order valence-corrected chi connectivity index (χ2v) is 6.71. The fourth-order valence-corrected chi connectivity index (χ4v) is 4.10. The fourth-order valence-electron chi connectivity index (χ4n) is 1.87. The smallest absolute Gasteiger partial charge is 0.274 e. The predicted octanol–water partition coefficient (Wildman–Crippen LogP) is 1.76. The van der Waals surface area contributed by atoms with E-state index in [1.807, 2.05) is 0 Å². The second kappa shape index (κ2) is 7.81. The third-order valence-corrected chi connectivity index (χ3v) is 5.07. The van der Waals surface area contributed by atoms with Gasteiger partial charge in [-0.05, 0) is 0 Å². The van der Waals surface area contributed by atoms with Gasteiger partial charge in [0.1, 0.15) is 0 Å². The molecule has 0 amide bonds. The molecule has 0 saturated heterocycles. The zero-order valence-corrected chi connectivity index (χ0v) is 13.9. The van der Waals surface area contributed by atoms with Crippen LogP contribution in [0, 0.1) is 10.1 Å². The van der Waals surface area contributed by atoms with E-state index in [9.17, 15) is 10.1 Å². The summed E-state index contributed by atoms with van der Waals surface area (Å²) >= 11 is 9.58. The van der Waals surface area contributed by atoms with E-state index in [1.165, 1.54) is 0 Å². The molecule has 7 nitrogen and oxygen atoms in total. The van der Waals surface area contributed by atoms with Crippen LogP contribution in [0.5, 0.6) is 0 Å². The maximum absolute atomic E-state index is 10.4. The Kier molecular flexibility index (Phi) is 6.07. The van der Waals surface area contributed by atoms with Crippen molar-refractivity contribution in [3.8, 4) is 0 Å². The van der Waals surface area contributed by atoms with Crippen LogP contribution < -0.4 is 10.6 Å². The molecule has 1 aliphatic rings. The van der Waals surface area contributed by atoms with Crippen LogP contribution in [0.4, 0.5) is 0 Å². The van der Waals surface area contributed by atoms with Gasteiger partial charge in [0.25, 0.3) is 6.20 Å². The fraction of sp³-hybridized carbons (Fsp3) is 0.545.